The molecule has 0 atom stereocenters. The molecule has 29 heavy (non-hydrogen) atoms. The van der Waals surface area contributed by atoms with Crippen LogP contribution in [0, 0.1) is 0 Å². The van der Waals surface area contributed by atoms with Gasteiger partial charge >= 0.3 is 0 Å². The summed E-state index contributed by atoms with van der Waals surface area (Å²) in [6.07, 6.45) is 4.92. The van der Waals surface area contributed by atoms with Crippen molar-refractivity contribution < 1.29 is 14.7 Å². The zero-order chi connectivity index (χ0) is 20.0. The van der Waals surface area contributed by atoms with Crippen molar-refractivity contribution in [2.75, 3.05) is 18.4 Å². The fraction of sp³-hybridized carbons (Fsp3) is 0.217. The molecular formula is C23H21N3O3. The fourth-order valence-electron chi connectivity index (χ4n) is 4.49. The monoisotopic (exact) mass is 387 g/mol. The molecule has 1 aromatic heterocycles. The number of hydrogen-bond acceptors (Lipinski definition) is 3. The molecule has 0 saturated carbocycles. The van der Waals surface area contributed by atoms with Crippen LogP contribution in [0.4, 0.5) is 5.69 Å². The van der Waals surface area contributed by atoms with E-state index in [0.29, 0.717) is 25.9 Å². The number of nitrogens with zero attached hydrogens (tertiary/aromatic N) is 2. The smallest absolute Gasteiger partial charge is 0.257 e. The van der Waals surface area contributed by atoms with Gasteiger partial charge in [0.25, 0.3) is 5.91 Å². The maximum Gasteiger partial charge on any atom is 0.257 e. The van der Waals surface area contributed by atoms with Crippen molar-refractivity contribution in [3.05, 3.63) is 78.1 Å². The number of aromatic hydroxyl groups is 1. The number of phenolic OH excluding ortho intramolecular Hbond substituents is 1. The molecule has 6 heteroatoms. The molecule has 2 aliphatic heterocycles. The Morgan fingerprint density at radius 1 is 1.00 bits per heavy atom. The molecule has 2 N–H and O–H groups in total. The molecule has 1 saturated heterocycles. The summed E-state index contributed by atoms with van der Waals surface area (Å²) in [6, 6.07) is 16.6. The Morgan fingerprint density at radius 3 is 2.48 bits per heavy atom. The van der Waals surface area contributed by atoms with E-state index in [4.69, 9.17) is 0 Å². The second kappa shape index (κ2) is 6.51. The topological polar surface area (TPSA) is 74.6 Å². The molecule has 1 fully saturated rings. The number of fused-ring (bicyclic) bond motifs is 2. The molecule has 3 heterocycles. The minimum Gasteiger partial charge on any atom is -0.507 e. The molecule has 5 rings (SSSR count). The van der Waals surface area contributed by atoms with E-state index in [1.165, 1.54) is 0 Å². The molecule has 0 aliphatic carbocycles. The van der Waals surface area contributed by atoms with E-state index in [2.05, 4.69) is 5.32 Å². The molecule has 3 aromatic rings. The Morgan fingerprint density at radius 2 is 1.72 bits per heavy atom. The molecular weight excluding hydrogens is 366 g/mol. The number of piperidine rings is 1. The van der Waals surface area contributed by atoms with E-state index in [1.807, 2.05) is 53.4 Å². The predicted octanol–water partition coefficient (Wildman–Crippen LogP) is 3.31. The van der Waals surface area contributed by atoms with Crippen LogP contribution in [0.5, 0.6) is 5.75 Å². The van der Waals surface area contributed by atoms with Crippen LogP contribution in [0.1, 0.15) is 28.8 Å². The minimum atomic E-state index is -0.567. The van der Waals surface area contributed by atoms with Gasteiger partial charge in [0.1, 0.15) is 5.75 Å². The van der Waals surface area contributed by atoms with Crippen LogP contribution in [0.25, 0.3) is 5.69 Å². The number of anilines is 1. The first kappa shape index (κ1) is 17.6. The average Bonchev–Trinajstić information content (AvgIpc) is 3.37. The van der Waals surface area contributed by atoms with Crippen LogP contribution in [0.2, 0.25) is 0 Å². The summed E-state index contributed by atoms with van der Waals surface area (Å²) in [5.74, 6) is -0.226. The molecule has 146 valence electrons. The molecule has 0 radical (unpaired) electrons. The first-order valence-corrected chi connectivity index (χ1v) is 9.75. The molecule has 0 unspecified atom stereocenters. The number of nitrogens with one attached hydrogen (secondary N) is 1. The van der Waals surface area contributed by atoms with Gasteiger partial charge in [-0.1, -0.05) is 18.2 Å². The Labute approximate surface area is 168 Å². The Hall–Kier alpha value is -3.54. The van der Waals surface area contributed by atoms with E-state index >= 15 is 0 Å². The summed E-state index contributed by atoms with van der Waals surface area (Å²) in [7, 11) is 0. The normalized spacial score (nSPS) is 17.2. The van der Waals surface area contributed by atoms with Crippen LogP contribution >= 0.6 is 0 Å². The molecule has 2 amide bonds. The third-order valence-corrected chi connectivity index (χ3v) is 6.14. The lowest BCUT2D eigenvalue weighted by molar-refractivity contribution is -0.122. The van der Waals surface area contributed by atoms with Gasteiger partial charge in [-0.05, 0) is 54.8 Å². The highest BCUT2D eigenvalue weighted by Gasteiger charge is 2.48. The highest BCUT2D eigenvalue weighted by Crippen LogP contribution is 2.45. The van der Waals surface area contributed by atoms with Crippen LogP contribution in [0.3, 0.4) is 0 Å². The van der Waals surface area contributed by atoms with Gasteiger partial charge in [0.05, 0.1) is 11.0 Å². The summed E-state index contributed by atoms with van der Waals surface area (Å²) in [4.78, 5) is 27.6. The third-order valence-electron chi connectivity index (χ3n) is 6.14. The Balaban J connectivity index is 1.39. The number of phenols is 1. The lowest BCUT2D eigenvalue weighted by atomic mass is 9.73. The van der Waals surface area contributed by atoms with E-state index in [-0.39, 0.29) is 23.1 Å². The van der Waals surface area contributed by atoms with E-state index < -0.39 is 5.41 Å². The minimum absolute atomic E-state index is 0.0169. The third kappa shape index (κ3) is 2.71. The summed E-state index contributed by atoms with van der Waals surface area (Å²) in [6.45, 7) is 0.932. The lowest BCUT2D eigenvalue weighted by Gasteiger charge is -2.38. The number of carbonyl (C=O) groups excluding carboxylic acids is 2. The van der Waals surface area contributed by atoms with Gasteiger partial charge in [-0.25, -0.2) is 0 Å². The number of benzene rings is 2. The van der Waals surface area contributed by atoms with Crippen molar-refractivity contribution >= 4 is 17.5 Å². The summed E-state index contributed by atoms with van der Waals surface area (Å²) >= 11 is 0. The number of rotatable bonds is 2. The molecule has 0 bridgehead atoms. The number of carbonyl (C=O) groups is 2. The van der Waals surface area contributed by atoms with E-state index in [0.717, 1.165) is 16.9 Å². The Kier molecular flexibility index (Phi) is 3.94. The van der Waals surface area contributed by atoms with Gasteiger partial charge in [-0.15, -0.1) is 0 Å². The highest BCUT2D eigenvalue weighted by molar-refractivity contribution is 6.06. The number of para-hydroxylation sites is 1. The quantitative estimate of drug-likeness (QED) is 0.708. The fourth-order valence-corrected chi connectivity index (χ4v) is 4.49. The zero-order valence-electron chi connectivity index (χ0n) is 15.8. The lowest BCUT2D eigenvalue weighted by Crippen LogP contribution is -2.48. The number of likely N-dealkylation sites (tertiary alicyclic amines) is 1. The van der Waals surface area contributed by atoms with Crippen molar-refractivity contribution in [1.29, 1.82) is 0 Å². The molecule has 2 aromatic carbocycles. The van der Waals surface area contributed by atoms with Gasteiger partial charge in [-0.2, -0.15) is 0 Å². The second-order valence-electron chi connectivity index (χ2n) is 7.67. The number of hydrogen-bond donors (Lipinski definition) is 2. The van der Waals surface area contributed by atoms with Crippen molar-refractivity contribution in [2.24, 2.45) is 0 Å². The maximum absolute atomic E-state index is 13.1. The van der Waals surface area contributed by atoms with Crippen molar-refractivity contribution in [3.8, 4) is 11.4 Å². The Bertz CT molecular complexity index is 1100. The largest absolute Gasteiger partial charge is 0.507 e. The average molecular weight is 387 g/mol. The van der Waals surface area contributed by atoms with Crippen LogP contribution in [-0.4, -0.2) is 39.5 Å². The predicted molar refractivity (Wildman–Crippen MR) is 109 cm³/mol. The maximum atomic E-state index is 13.1. The van der Waals surface area contributed by atoms with Crippen molar-refractivity contribution in [1.82, 2.24) is 9.47 Å². The number of aromatic nitrogens is 1. The van der Waals surface area contributed by atoms with Crippen molar-refractivity contribution in [3.63, 3.8) is 0 Å². The SMILES string of the molecule is O=C(c1cc(-n2cccc2)ccc1O)N1CCC2(CC1)C(=O)Nc1ccccc12. The van der Waals surface area contributed by atoms with Gasteiger partial charge in [0.15, 0.2) is 0 Å². The summed E-state index contributed by atoms with van der Waals surface area (Å²) < 4.78 is 1.89. The van der Waals surface area contributed by atoms with Gasteiger partial charge in [0.2, 0.25) is 5.91 Å². The van der Waals surface area contributed by atoms with E-state index in [1.54, 1.807) is 23.1 Å². The second-order valence-corrected chi connectivity index (χ2v) is 7.67. The highest BCUT2D eigenvalue weighted by atomic mass is 16.3. The first-order chi connectivity index (χ1) is 14.1. The van der Waals surface area contributed by atoms with Gasteiger partial charge in [-0.3, -0.25) is 9.59 Å². The summed E-state index contributed by atoms with van der Waals surface area (Å²) in [5.41, 5.74) is 2.42. The summed E-state index contributed by atoms with van der Waals surface area (Å²) in [5, 5.41) is 13.3. The zero-order valence-corrected chi connectivity index (χ0v) is 15.8. The van der Waals surface area contributed by atoms with Crippen LogP contribution in [0.15, 0.2) is 67.0 Å². The first-order valence-electron chi connectivity index (χ1n) is 9.75. The van der Waals surface area contributed by atoms with E-state index in [9.17, 15) is 14.7 Å². The van der Waals surface area contributed by atoms with Crippen molar-refractivity contribution in [2.45, 2.75) is 18.3 Å². The molecule has 6 nitrogen and oxygen atoms in total. The van der Waals surface area contributed by atoms with Gasteiger partial charge in [0, 0.05) is 36.9 Å². The van der Waals surface area contributed by atoms with Gasteiger partial charge < -0.3 is 19.9 Å². The molecule has 1 spiro atoms. The number of amides is 2. The van der Waals surface area contributed by atoms with Crippen LogP contribution in [-0.2, 0) is 10.2 Å². The molecule has 2 aliphatic rings. The standard InChI is InChI=1S/C23H21N3O3/c27-20-8-7-16(25-11-3-4-12-25)15-17(20)21(28)26-13-9-23(10-14-26)18-5-1-2-6-19(18)24-22(23)29/h1-8,11-12,15,27H,9-10,13-14H2,(H,24,29). The van der Waals surface area contributed by atoms with Crippen LogP contribution < -0.4 is 5.32 Å².